The van der Waals surface area contributed by atoms with Crippen LogP contribution >= 0.6 is 15.9 Å². The van der Waals surface area contributed by atoms with Crippen LogP contribution in [0, 0.1) is 0 Å². The molecule has 1 aromatic heterocycles. The van der Waals surface area contributed by atoms with Gasteiger partial charge in [-0.3, -0.25) is 0 Å². The van der Waals surface area contributed by atoms with Gasteiger partial charge >= 0.3 is 0 Å². The van der Waals surface area contributed by atoms with Gasteiger partial charge in [-0.1, -0.05) is 15.9 Å². The Morgan fingerprint density at radius 1 is 1.05 bits per heavy atom. The van der Waals surface area contributed by atoms with Gasteiger partial charge in [-0.2, -0.15) is 0 Å². The number of hydrogen-bond donors (Lipinski definition) is 1. The first-order valence-corrected chi connectivity index (χ1v) is 7.30. The predicted molar refractivity (Wildman–Crippen MR) is 88.8 cm³/mol. The lowest BCUT2D eigenvalue weighted by atomic mass is 10.1. The van der Waals surface area contributed by atoms with E-state index < -0.39 is 0 Å². The maximum Gasteiger partial charge on any atom is 0.162 e. The Morgan fingerprint density at radius 3 is 2.48 bits per heavy atom. The maximum atomic E-state index is 5.17. The second-order valence-electron chi connectivity index (χ2n) is 4.54. The molecular weight excluding hydrogens is 330 g/mol. The fraction of sp³-hybridized carbons (Fsp3) is 0.125. The minimum Gasteiger partial charge on any atom is -0.497 e. The fourth-order valence-electron chi connectivity index (χ4n) is 2.16. The van der Waals surface area contributed by atoms with Crippen LogP contribution in [0.15, 0.2) is 46.9 Å². The van der Waals surface area contributed by atoms with Gasteiger partial charge in [0.05, 0.1) is 12.6 Å². The first-order chi connectivity index (χ1) is 10.2. The highest BCUT2D eigenvalue weighted by Gasteiger charge is 2.09. The summed E-state index contributed by atoms with van der Waals surface area (Å²) in [6.45, 7) is 0. The molecule has 2 aromatic carbocycles. The summed E-state index contributed by atoms with van der Waals surface area (Å²) in [7, 11) is 3.51. The molecule has 0 saturated carbocycles. The molecule has 0 aliphatic carbocycles. The molecule has 0 fully saturated rings. The number of methoxy groups -OCH3 is 1. The maximum absolute atomic E-state index is 5.17. The lowest BCUT2D eigenvalue weighted by Gasteiger charge is -2.09. The summed E-state index contributed by atoms with van der Waals surface area (Å²) in [4.78, 5) is 9.24. The Kier molecular flexibility index (Phi) is 3.75. The van der Waals surface area contributed by atoms with E-state index >= 15 is 0 Å². The Balaban J connectivity index is 2.16. The number of anilines is 1. The molecule has 0 aliphatic rings. The lowest BCUT2D eigenvalue weighted by molar-refractivity contribution is 0.415. The molecule has 0 spiro atoms. The van der Waals surface area contributed by atoms with Crippen LogP contribution in [0.5, 0.6) is 5.75 Å². The van der Waals surface area contributed by atoms with Gasteiger partial charge in [0.2, 0.25) is 0 Å². The second-order valence-corrected chi connectivity index (χ2v) is 5.45. The van der Waals surface area contributed by atoms with Crippen molar-refractivity contribution in [2.45, 2.75) is 0 Å². The predicted octanol–water partition coefficient (Wildman–Crippen LogP) is 4.11. The smallest absolute Gasteiger partial charge is 0.162 e. The molecule has 0 aliphatic heterocycles. The number of fused-ring (bicyclic) bond motifs is 1. The van der Waals surface area contributed by atoms with Crippen LogP contribution < -0.4 is 10.1 Å². The summed E-state index contributed by atoms with van der Waals surface area (Å²) in [6.07, 6.45) is 0. The topological polar surface area (TPSA) is 47.0 Å². The van der Waals surface area contributed by atoms with Crippen LogP contribution in [0.4, 0.5) is 5.82 Å². The molecule has 0 radical (unpaired) electrons. The highest BCUT2D eigenvalue weighted by Crippen LogP contribution is 2.27. The van der Waals surface area contributed by atoms with Crippen molar-refractivity contribution in [1.82, 2.24) is 9.97 Å². The van der Waals surface area contributed by atoms with Crippen LogP contribution in [-0.2, 0) is 0 Å². The van der Waals surface area contributed by atoms with Gasteiger partial charge in [0, 0.05) is 22.5 Å². The lowest BCUT2D eigenvalue weighted by Crippen LogP contribution is -1.98. The molecule has 3 aromatic rings. The van der Waals surface area contributed by atoms with Gasteiger partial charge in [-0.05, 0) is 42.5 Å². The first-order valence-electron chi connectivity index (χ1n) is 6.51. The first kappa shape index (κ1) is 13.8. The van der Waals surface area contributed by atoms with Gasteiger partial charge in [0.25, 0.3) is 0 Å². The number of aromatic nitrogens is 2. The Morgan fingerprint density at radius 2 is 1.81 bits per heavy atom. The van der Waals surface area contributed by atoms with Crippen LogP contribution in [0.1, 0.15) is 0 Å². The third-order valence-electron chi connectivity index (χ3n) is 3.24. The van der Waals surface area contributed by atoms with E-state index in [0.717, 1.165) is 32.5 Å². The zero-order valence-electron chi connectivity index (χ0n) is 11.7. The van der Waals surface area contributed by atoms with Crippen molar-refractivity contribution in [2.24, 2.45) is 0 Å². The second kappa shape index (κ2) is 5.69. The van der Waals surface area contributed by atoms with Crippen LogP contribution in [0.25, 0.3) is 22.3 Å². The average molecular weight is 344 g/mol. The molecule has 4 nitrogen and oxygen atoms in total. The van der Waals surface area contributed by atoms with E-state index in [2.05, 4.69) is 31.2 Å². The summed E-state index contributed by atoms with van der Waals surface area (Å²) >= 11 is 3.48. The number of nitrogens with one attached hydrogen (secondary N) is 1. The van der Waals surface area contributed by atoms with Gasteiger partial charge < -0.3 is 10.1 Å². The number of ether oxygens (including phenoxy) is 1. The van der Waals surface area contributed by atoms with Crippen molar-refractivity contribution < 1.29 is 4.74 Å². The molecule has 0 atom stereocenters. The molecule has 0 unspecified atom stereocenters. The molecule has 1 heterocycles. The van der Waals surface area contributed by atoms with E-state index in [9.17, 15) is 0 Å². The zero-order valence-corrected chi connectivity index (χ0v) is 13.3. The number of halogens is 1. The molecule has 3 rings (SSSR count). The SMILES string of the molecule is CNc1nc(-c2ccc(OC)cc2)nc2ccc(Br)cc12. The minimum absolute atomic E-state index is 0.692. The highest BCUT2D eigenvalue weighted by atomic mass is 79.9. The highest BCUT2D eigenvalue weighted by molar-refractivity contribution is 9.10. The third-order valence-corrected chi connectivity index (χ3v) is 3.74. The van der Waals surface area contributed by atoms with Gasteiger partial charge in [-0.25, -0.2) is 9.97 Å². The molecule has 106 valence electrons. The number of benzene rings is 2. The van der Waals surface area contributed by atoms with Gasteiger partial charge in [0.1, 0.15) is 11.6 Å². The number of nitrogens with zero attached hydrogens (tertiary/aromatic N) is 2. The van der Waals surface area contributed by atoms with E-state index in [-0.39, 0.29) is 0 Å². The van der Waals surface area contributed by atoms with E-state index in [1.165, 1.54) is 0 Å². The van der Waals surface area contributed by atoms with Gasteiger partial charge in [-0.15, -0.1) is 0 Å². The van der Waals surface area contributed by atoms with Gasteiger partial charge in [0.15, 0.2) is 5.82 Å². The van der Waals surface area contributed by atoms with E-state index in [0.29, 0.717) is 5.82 Å². The van der Waals surface area contributed by atoms with E-state index in [1.807, 2.05) is 49.5 Å². The Hall–Kier alpha value is -2.14. The van der Waals surface area contributed by atoms with Crippen molar-refractivity contribution in [3.05, 3.63) is 46.9 Å². The quantitative estimate of drug-likeness (QED) is 0.777. The van der Waals surface area contributed by atoms with Crippen LogP contribution in [0.3, 0.4) is 0 Å². The van der Waals surface area contributed by atoms with Crippen molar-refractivity contribution >= 4 is 32.7 Å². The zero-order chi connectivity index (χ0) is 14.8. The summed E-state index contributed by atoms with van der Waals surface area (Å²) in [5, 5.41) is 4.12. The molecule has 0 saturated heterocycles. The molecule has 0 bridgehead atoms. The summed E-state index contributed by atoms with van der Waals surface area (Å²) in [6, 6.07) is 13.7. The van der Waals surface area contributed by atoms with Crippen molar-refractivity contribution in [2.75, 3.05) is 19.5 Å². The summed E-state index contributed by atoms with van der Waals surface area (Å²) in [5.41, 5.74) is 1.86. The average Bonchev–Trinajstić information content (AvgIpc) is 2.54. The van der Waals surface area contributed by atoms with Crippen LogP contribution in [-0.4, -0.2) is 24.1 Å². The normalized spacial score (nSPS) is 10.6. The minimum atomic E-state index is 0.692. The number of hydrogen-bond acceptors (Lipinski definition) is 4. The Bertz CT molecular complexity index is 787. The van der Waals surface area contributed by atoms with Crippen molar-refractivity contribution in [1.29, 1.82) is 0 Å². The van der Waals surface area contributed by atoms with Crippen molar-refractivity contribution in [3.63, 3.8) is 0 Å². The standard InChI is InChI=1S/C16H14BrN3O/c1-18-16-13-9-11(17)5-8-14(13)19-15(20-16)10-3-6-12(21-2)7-4-10/h3-9H,1-2H3,(H,18,19,20). The summed E-state index contributed by atoms with van der Waals surface area (Å²) in [5.74, 6) is 2.32. The fourth-order valence-corrected chi connectivity index (χ4v) is 2.52. The Labute approximate surface area is 131 Å². The van der Waals surface area contributed by atoms with E-state index in [1.54, 1.807) is 7.11 Å². The molecule has 21 heavy (non-hydrogen) atoms. The van der Waals surface area contributed by atoms with Crippen LogP contribution in [0.2, 0.25) is 0 Å². The largest absolute Gasteiger partial charge is 0.497 e. The molecular formula is C16H14BrN3O. The number of rotatable bonds is 3. The van der Waals surface area contributed by atoms with E-state index in [4.69, 9.17) is 4.74 Å². The van der Waals surface area contributed by atoms with Crippen molar-refractivity contribution in [3.8, 4) is 17.1 Å². The summed E-state index contributed by atoms with van der Waals surface area (Å²) < 4.78 is 6.18. The molecule has 0 amide bonds. The molecule has 1 N–H and O–H groups in total. The molecule has 5 heteroatoms. The third kappa shape index (κ3) is 2.69. The monoisotopic (exact) mass is 343 g/mol.